The van der Waals surface area contributed by atoms with Crippen molar-refractivity contribution in [1.82, 2.24) is 5.32 Å². The monoisotopic (exact) mass is 515 g/mol. The molecule has 0 fully saturated rings. The summed E-state index contributed by atoms with van der Waals surface area (Å²) >= 11 is 12.5. The number of benzene rings is 2. The third-order valence-corrected chi connectivity index (χ3v) is 7.22. The standard InChI is InChI=1S/C27H27Cl2NO5/c1-5-35-27(32)24-14(2)30-20-11-17(15-7-9-22(33-3)23(13-15)34-4)12-21(31)26(20)25(24)16-6-8-18(28)19(29)10-16/h6-10,13,17,25,30H,5,11-12H2,1-4H3/t17-,25+/m1/s1. The van der Waals surface area contributed by atoms with E-state index in [9.17, 15) is 9.59 Å². The Hall–Kier alpha value is -2.96. The quantitative estimate of drug-likeness (QED) is 0.480. The highest BCUT2D eigenvalue weighted by molar-refractivity contribution is 6.42. The van der Waals surface area contributed by atoms with E-state index in [1.807, 2.05) is 25.1 Å². The maximum absolute atomic E-state index is 13.7. The highest BCUT2D eigenvalue weighted by Gasteiger charge is 2.41. The van der Waals surface area contributed by atoms with Gasteiger partial charge in [0, 0.05) is 29.3 Å². The van der Waals surface area contributed by atoms with Crippen LogP contribution in [0.15, 0.2) is 58.9 Å². The lowest BCUT2D eigenvalue weighted by atomic mass is 9.71. The molecule has 2 aromatic rings. The number of hydrogen-bond donors (Lipinski definition) is 1. The average Bonchev–Trinajstić information content (AvgIpc) is 2.84. The van der Waals surface area contributed by atoms with Crippen molar-refractivity contribution in [3.63, 3.8) is 0 Å². The van der Waals surface area contributed by atoms with Crippen LogP contribution in [0.3, 0.4) is 0 Å². The fourth-order valence-electron chi connectivity index (χ4n) is 4.89. The molecular weight excluding hydrogens is 489 g/mol. The second-order valence-electron chi connectivity index (χ2n) is 8.53. The largest absolute Gasteiger partial charge is 0.493 e. The van der Waals surface area contributed by atoms with Crippen molar-refractivity contribution in [2.24, 2.45) is 0 Å². The molecule has 0 unspecified atom stereocenters. The summed E-state index contributed by atoms with van der Waals surface area (Å²) < 4.78 is 16.2. The fraction of sp³-hybridized carbons (Fsp3) is 0.333. The van der Waals surface area contributed by atoms with E-state index in [0.717, 1.165) is 11.3 Å². The second-order valence-corrected chi connectivity index (χ2v) is 9.34. The number of nitrogens with one attached hydrogen (secondary N) is 1. The van der Waals surface area contributed by atoms with E-state index >= 15 is 0 Å². The van der Waals surface area contributed by atoms with Crippen molar-refractivity contribution in [3.8, 4) is 11.5 Å². The molecule has 0 radical (unpaired) electrons. The first-order chi connectivity index (χ1) is 16.8. The minimum atomic E-state index is -0.598. The number of ether oxygens (including phenoxy) is 3. The topological polar surface area (TPSA) is 73.9 Å². The fourth-order valence-corrected chi connectivity index (χ4v) is 5.19. The predicted octanol–water partition coefficient (Wildman–Crippen LogP) is 5.94. The van der Waals surface area contributed by atoms with E-state index in [1.165, 1.54) is 0 Å². The Morgan fingerprint density at radius 1 is 1.00 bits per heavy atom. The number of carbonyl (C=O) groups is 2. The van der Waals surface area contributed by atoms with Gasteiger partial charge in [-0.2, -0.15) is 0 Å². The zero-order valence-electron chi connectivity index (χ0n) is 20.0. The summed E-state index contributed by atoms with van der Waals surface area (Å²) in [6.07, 6.45) is 0.894. The van der Waals surface area contributed by atoms with Gasteiger partial charge >= 0.3 is 5.97 Å². The number of rotatable bonds is 6. The lowest BCUT2D eigenvalue weighted by Crippen LogP contribution is -2.36. The summed E-state index contributed by atoms with van der Waals surface area (Å²) in [6.45, 7) is 3.80. The van der Waals surface area contributed by atoms with Crippen molar-refractivity contribution < 1.29 is 23.8 Å². The van der Waals surface area contributed by atoms with Gasteiger partial charge in [0.25, 0.3) is 0 Å². The number of dihydropyridines is 1. The lowest BCUT2D eigenvalue weighted by molar-refractivity contribution is -0.138. The molecule has 35 heavy (non-hydrogen) atoms. The third kappa shape index (κ3) is 4.78. The van der Waals surface area contributed by atoms with E-state index in [2.05, 4.69) is 5.32 Å². The molecule has 8 heteroatoms. The van der Waals surface area contributed by atoms with Gasteiger partial charge in [-0.25, -0.2) is 4.79 Å². The molecule has 0 amide bonds. The van der Waals surface area contributed by atoms with Crippen LogP contribution in [0.4, 0.5) is 0 Å². The number of halogens is 2. The first-order valence-electron chi connectivity index (χ1n) is 11.4. The zero-order chi connectivity index (χ0) is 25.3. The minimum Gasteiger partial charge on any atom is -0.493 e. The Labute approximate surface area is 214 Å². The summed E-state index contributed by atoms with van der Waals surface area (Å²) in [7, 11) is 3.17. The molecule has 2 atom stereocenters. The van der Waals surface area contributed by atoms with Gasteiger partial charge in [-0.3, -0.25) is 4.79 Å². The van der Waals surface area contributed by atoms with Crippen molar-refractivity contribution in [1.29, 1.82) is 0 Å². The molecule has 0 bridgehead atoms. The first kappa shape index (κ1) is 25.1. The van der Waals surface area contributed by atoms with Gasteiger partial charge in [-0.05, 0) is 61.6 Å². The van der Waals surface area contributed by atoms with Crippen LogP contribution < -0.4 is 14.8 Å². The molecule has 0 saturated carbocycles. The average molecular weight is 516 g/mol. The molecule has 2 aromatic carbocycles. The van der Waals surface area contributed by atoms with E-state index in [-0.39, 0.29) is 18.3 Å². The molecule has 0 aromatic heterocycles. The summed E-state index contributed by atoms with van der Waals surface area (Å²) in [6, 6.07) is 10.9. The Morgan fingerprint density at radius 3 is 2.37 bits per heavy atom. The minimum absolute atomic E-state index is 0.0381. The molecule has 1 N–H and O–H groups in total. The van der Waals surface area contributed by atoms with Crippen molar-refractivity contribution >= 4 is 35.0 Å². The van der Waals surface area contributed by atoms with Gasteiger partial charge in [0.15, 0.2) is 17.3 Å². The number of carbonyl (C=O) groups excluding carboxylic acids is 2. The number of methoxy groups -OCH3 is 2. The van der Waals surface area contributed by atoms with E-state index in [0.29, 0.717) is 56.8 Å². The van der Waals surface area contributed by atoms with E-state index < -0.39 is 11.9 Å². The molecule has 1 heterocycles. The predicted molar refractivity (Wildman–Crippen MR) is 135 cm³/mol. The first-order valence-corrected chi connectivity index (χ1v) is 12.1. The molecule has 4 rings (SSSR count). The van der Waals surface area contributed by atoms with Crippen LogP contribution in [0.25, 0.3) is 0 Å². The molecule has 0 saturated heterocycles. The normalized spacial score (nSPS) is 19.8. The maximum atomic E-state index is 13.7. The molecule has 1 aliphatic carbocycles. The van der Waals surface area contributed by atoms with Crippen LogP contribution in [-0.4, -0.2) is 32.6 Å². The lowest BCUT2D eigenvalue weighted by Gasteiger charge is -2.36. The van der Waals surface area contributed by atoms with Gasteiger partial charge in [-0.1, -0.05) is 35.3 Å². The Kier molecular flexibility index (Phi) is 7.43. The van der Waals surface area contributed by atoms with E-state index in [4.69, 9.17) is 37.4 Å². The SMILES string of the molecule is CCOC(=O)C1=C(C)NC2=C(C(=O)C[C@H](c3ccc(OC)c(OC)c3)C2)[C@H]1c1ccc(Cl)c(Cl)c1. The van der Waals surface area contributed by atoms with Gasteiger partial charge in [0.1, 0.15) is 0 Å². The summed E-state index contributed by atoms with van der Waals surface area (Å²) in [5, 5.41) is 4.10. The maximum Gasteiger partial charge on any atom is 0.336 e. The van der Waals surface area contributed by atoms with Crippen molar-refractivity contribution in [2.45, 2.75) is 38.5 Å². The van der Waals surface area contributed by atoms with Gasteiger partial charge in [-0.15, -0.1) is 0 Å². The molecule has 0 spiro atoms. The number of allylic oxidation sites excluding steroid dienone is 3. The van der Waals surface area contributed by atoms with Crippen LogP contribution in [-0.2, 0) is 14.3 Å². The van der Waals surface area contributed by atoms with Crippen LogP contribution in [0.5, 0.6) is 11.5 Å². The summed E-state index contributed by atoms with van der Waals surface area (Å²) in [4.78, 5) is 26.7. The third-order valence-electron chi connectivity index (χ3n) is 6.48. The smallest absolute Gasteiger partial charge is 0.336 e. The Morgan fingerprint density at radius 2 is 1.71 bits per heavy atom. The number of esters is 1. The number of ketones is 1. The molecule has 2 aliphatic rings. The highest BCUT2D eigenvalue weighted by Crippen LogP contribution is 2.47. The van der Waals surface area contributed by atoms with Crippen LogP contribution in [0.2, 0.25) is 10.0 Å². The van der Waals surface area contributed by atoms with Crippen molar-refractivity contribution in [2.75, 3.05) is 20.8 Å². The number of hydrogen-bond acceptors (Lipinski definition) is 6. The van der Waals surface area contributed by atoms with E-state index in [1.54, 1.807) is 39.3 Å². The van der Waals surface area contributed by atoms with Crippen LogP contribution >= 0.6 is 23.2 Å². The van der Waals surface area contributed by atoms with Crippen molar-refractivity contribution in [3.05, 3.63) is 80.1 Å². The number of Topliss-reactive ketones (excluding diaryl/α,β-unsaturated/α-hetero) is 1. The molecular formula is C27H27Cl2NO5. The Balaban J connectivity index is 1.79. The summed E-state index contributed by atoms with van der Waals surface area (Å²) in [5.74, 6) is 0.0903. The van der Waals surface area contributed by atoms with Crippen LogP contribution in [0.1, 0.15) is 49.7 Å². The Bertz CT molecular complexity index is 1250. The van der Waals surface area contributed by atoms with Gasteiger partial charge in [0.2, 0.25) is 0 Å². The van der Waals surface area contributed by atoms with Gasteiger partial charge < -0.3 is 19.5 Å². The molecule has 184 valence electrons. The summed E-state index contributed by atoms with van der Waals surface area (Å²) in [5.41, 5.74) is 4.11. The van der Waals surface area contributed by atoms with Crippen LogP contribution in [0, 0.1) is 0 Å². The molecule has 6 nitrogen and oxygen atoms in total. The highest BCUT2D eigenvalue weighted by atomic mass is 35.5. The second kappa shape index (κ2) is 10.3. The van der Waals surface area contributed by atoms with Gasteiger partial charge in [0.05, 0.1) is 36.4 Å². The zero-order valence-corrected chi connectivity index (χ0v) is 21.5. The molecule has 1 aliphatic heterocycles.